The lowest BCUT2D eigenvalue weighted by Gasteiger charge is -2.17. The van der Waals surface area contributed by atoms with E-state index in [9.17, 15) is 19.8 Å². The number of hydrogen-bond acceptors (Lipinski definition) is 5. The number of carboxylic acid groups (broad SMARTS) is 1. The number of phenols is 1. The van der Waals surface area contributed by atoms with Gasteiger partial charge in [-0.3, -0.25) is 4.79 Å². The van der Waals surface area contributed by atoms with Crippen molar-refractivity contribution in [3.05, 3.63) is 57.6 Å². The van der Waals surface area contributed by atoms with Gasteiger partial charge in [0.2, 0.25) is 0 Å². The van der Waals surface area contributed by atoms with Crippen molar-refractivity contribution in [1.82, 2.24) is 10.6 Å². The average Bonchev–Trinajstić information content (AvgIpc) is 2.72. The number of aliphatic carboxylic acids is 1. The highest BCUT2D eigenvalue weighted by Crippen LogP contribution is 2.42. The van der Waals surface area contributed by atoms with Crippen LogP contribution in [-0.4, -0.2) is 48.3 Å². The number of ether oxygens (including phenoxy) is 1. The Kier molecular flexibility index (Phi) is 11.5. The maximum absolute atomic E-state index is 12.6. The molecule has 0 aromatic heterocycles. The van der Waals surface area contributed by atoms with E-state index in [1.165, 1.54) is 6.07 Å². The predicted molar refractivity (Wildman–Crippen MR) is 123 cm³/mol. The van der Waals surface area contributed by atoms with Gasteiger partial charge in [0.05, 0.1) is 17.2 Å². The fourth-order valence-corrected chi connectivity index (χ4v) is 3.33. The first-order chi connectivity index (χ1) is 14.3. The Labute approximate surface area is 197 Å². The number of nitrogens with one attached hydrogen (secondary N) is 2. The molecule has 0 heterocycles. The topological polar surface area (TPSA) is 108 Å². The number of aromatic hydroxyl groups is 1. The molecule has 4 N–H and O–H groups in total. The number of amides is 1. The maximum atomic E-state index is 12.6. The number of halogens is 3. The van der Waals surface area contributed by atoms with Crippen molar-refractivity contribution in [2.24, 2.45) is 0 Å². The second kappa shape index (κ2) is 13.3. The second-order valence-corrected chi connectivity index (χ2v) is 7.40. The van der Waals surface area contributed by atoms with Crippen LogP contribution in [0.1, 0.15) is 28.8 Å². The fraction of sp³-hybridized carbons (Fsp3) is 0.333. The average molecular weight is 492 g/mol. The van der Waals surface area contributed by atoms with Gasteiger partial charge >= 0.3 is 5.97 Å². The molecule has 0 aliphatic rings. The van der Waals surface area contributed by atoms with Crippen LogP contribution in [0.4, 0.5) is 0 Å². The predicted octanol–water partition coefficient (Wildman–Crippen LogP) is 3.92. The van der Waals surface area contributed by atoms with Gasteiger partial charge < -0.3 is 25.6 Å². The summed E-state index contributed by atoms with van der Waals surface area (Å²) in [4.78, 5) is 24.2. The van der Waals surface area contributed by atoms with Crippen molar-refractivity contribution in [2.45, 2.75) is 25.3 Å². The van der Waals surface area contributed by atoms with Gasteiger partial charge in [0.1, 0.15) is 11.1 Å². The molecule has 1 amide bonds. The SMILES string of the molecule is CNCCCCOc1c(Cl)cc(C(=O)N[C@@H](Cc2ccccc2)C(=O)O)c(O)c1Cl.Cl. The minimum absolute atomic E-state index is 0. The third kappa shape index (κ3) is 7.78. The standard InChI is InChI=1S/C21H24Cl2N2O5.ClH/c1-24-9-5-6-10-30-19-15(22)12-14(18(26)17(19)23)20(27)25-16(21(28)29)11-13-7-3-2-4-8-13;/h2-4,7-8,12,16,24,26H,5-6,9-11H2,1H3,(H,25,27)(H,28,29);1H/t16-;/m0./s1. The Morgan fingerprint density at radius 3 is 2.45 bits per heavy atom. The number of carboxylic acids is 1. The highest BCUT2D eigenvalue weighted by Gasteiger charge is 2.26. The summed E-state index contributed by atoms with van der Waals surface area (Å²) in [5.41, 5.74) is 0.513. The molecule has 10 heteroatoms. The molecule has 170 valence electrons. The van der Waals surface area contributed by atoms with E-state index in [1.54, 1.807) is 24.3 Å². The number of rotatable bonds is 11. The van der Waals surface area contributed by atoms with Gasteiger partial charge in [-0.1, -0.05) is 53.5 Å². The molecule has 0 radical (unpaired) electrons. The number of carbonyl (C=O) groups is 2. The van der Waals surface area contributed by atoms with E-state index in [1.807, 2.05) is 13.1 Å². The minimum atomic E-state index is -1.20. The van der Waals surface area contributed by atoms with Crippen LogP contribution in [0.15, 0.2) is 36.4 Å². The van der Waals surface area contributed by atoms with Crippen LogP contribution in [-0.2, 0) is 11.2 Å². The summed E-state index contributed by atoms with van der Waals surface area (Å²) in [6.45, 7) is 1.17. The molecule has 7 nitrogen and oxygen atoms in total. The Hall–Kier alpha value is -2.19. The summed E-state index contributed by atoms with van der Waals surface area (Å²) in [5, 5.41) is 25.1. The molecule has 0 saturated carbocycles. The quantitative estimate of drug-likeness (QED) is 0.355. The largest absolute Gasteiger partial charge is 0.505 e. The number of unbranched alkanes of at least 4 members (excludes halogenated alkanes) is 1. The van der Waals surface area contributed by atoms with Crippen LogP contribution in [0.3, 0.4) is 0 Å². The molecule has 1 atom stereocenters. The van der Waals surface area contributed by atoms with Crippen LogP contribution in [0, 0.1) is 0 Å². The molecule has 0 aliphatic carbocycles. The van der Waals surface area contributed by atoms with Gasteiger partial charge in [-0.05, 0) is 38.1 Å². The molecule has 0 saturated heterocycles. The highest BCUT2D eigenvalue weighted by atomic mass is 35.5. The van der Waals surface area contributed by atoms with Crippen LogP contribution in [0.25, 0.3) is 0 Å². The van der Waals surface area contributed by atoms with Gasteiger partial charge in [-0.2, -0.15) is 0 Å². The molecular formula is C21H25Cl3N2O5. The number of phenolic OH excluding ortho intramolecular Hbond substituents is 1. The van der Waals surface area contributed by atoms with E-state index in [4.69, 9.17) is 27.9 Å². The normalized spacial score (nSPS) is 11.3. The summed E-state index contributed by atoms with van der Waals surface area (Å²) < 4.78 is 5.55. The highest BCUT2D eigenvalue weighted by molar-refractivity contribution is 6.39. The zero-order chi connectivity index (χ0) is 22.1. The van der Waals surface area contributed by atoms with E-state index >= 15 is 0 Å². The lowest BCUT2D eigenvalue weighted by molar-refractivity contribution is -0.139. The van der Waals surface area contributed by atoms with Crippen LogP contribution in [0.5, 0.6) is 11.5 Å². The van der Waals surface area contributed by atoms with Crippen molar-refractivity contribution in [1.29, 1.82) is 0 Å². The summed E-state index contributed by atoms with van der Waals surface area (Å²) in [7, 11) is 1.85. The third-order valence-corrected chi connectivity index (χ3v) is 4.98. The molecular weight excluding hydrogens is 467 g/mol. The van der Waals surface area contributed by atoms with Gasteiger partial charge in [-0.15, -0.1) is 12.4 Å². The molecule has 0 fully saturated rings. The Morgan fingerprint density at radius 1 is 1.16 bits per heavy atom. The summed E-state index contributed by atoms with van der Waals surface area (Å²) in [6.07, 6.45) is 1.71. The first-order valence-electron chi connectivity index (χ1n) is 9.41. The summed E-state index contributed by atoms with van der Waals surface area (Å²) in [6, 6.07) is 8.90. The Bertz CT molecular complexity index is 881. The van der Waals surface area contributed by atoms with Crippen molar-refractivity contribution in [3.63, 3.8) is 0 Å². The van der Waals surface area contributed by atoms with Gasteiger partial charge in [0, 0.05) is 6.42 Å². The van der Waals surface area contributed by atoms with Gasteiger partial charge in [-0.25, -0.2) is 4.79 Å². The number of hydrogen-bond donors (Lipinski definition) is 4. The smallest absolute Gasteiger partial charge is 0.326 e. The molecule has 0 spiro atoms. The Balaban J connectivity index is 0.00000480. The van der Waals surface area contributed by atoms with E-state index in [0.29, 0.717) is 6.61 Å². The zero-order valence-electron chi connectivity index (χ0n) is 16.9. The summed E-state index contributed by atoms with van der Waals surface area (Å²) in [5.74, 6) is -2.45. The molecule has 2 rings (SSSR count). The lowest BCUT2D eigenvalue weighted by Crippen LogP contribution is -2.42. The summed E-state index contributed by atoms with van der Waals surface area (Å²) >= 11 is 12.3. The van der Waals surface area contributed by atoms with Crippen LogP contribution >= 0.6 is 35.6 Å². The van der Waals surface area contributed by atoms with Crippen molar-refractivity contribution < 1.29 is 24.5 Å². The second-order valence-electron chi connectivity index (χ2n) is 6.61. The molecule has 31 heavy (non-hydrogen) atoms. The third-order valence-electron chi connectivity index (χ3n) is 4.35. The van der Waals surface area contributed by atoms with E-state index in [-0.39, 0.29) is 40.2 Å². The number of carbonyl (C=O) groups excluding carboxylic acids is 1. The van der Waals surface area contributed by atoms with E-state index < -0.39 is 23.7 Å². The monoisotopic (exact) mass is 490 g/mol. The molecule has 0 unspecified atom stereocenters. The fourth-order valence-electron chi connectivity index (χ4n) is 2.76. The van der Waals surface area contributed by atoms with Crippen molar-refractivity contribution in [2.75, 3.05) is 20.2 Å². The van der Waals surface area contributed by atoms with Gasteiger partial charge in [0.15, 0.2) is 11.5 Å². The van der Waals surface area contributed by atoms with Crippen molar-refractivity contribution in [3.8, 4) is 11.5 Å². The minimum Gasteiger partial charge on any atom is -0.505 e. The first kappa shape index (κ1) is 26.8. The Morgan fingerprint density at radius 2 is 1.84 bits per heavy atom. The van der Waals surface area contributed by atoms with Crippen LogP contribution < -0.4 is 15.4 Å². The number of benzene rings is 2. The van der Waals surface area contributed by atoms with E-state index in [2.05, 4.69) is 10.6 Å². The molecule has 0 aliphatic heterocycles. The maximum Gasteiger partial charge on any atom is 0.326 e. The van der Waals surface area contributed by atoms with E-state index in [0.717, 1.165) is 24.9 Å². The lowest BCUT2D eigenvalue weighted by atomic mass is 10.1. The first-order valence-corrected chi connectivity index (χ1v) is 10.2. The van der Waals surface area contributed by atoms with Crippen molar-refractivity contribution >= 4 is 47.5 Å². The van der Waals surface area contributed by atoms with Crippen LogP contribution in [0.2, 0.25) is 10.0 Å². The molecule has 0 bridgehead atoms. The van der Waals surface area contributed by atoms with Gasteiger partial charge in [0.25, 0.3) is 5.91 Å². The molecule has 2 aromatic carbocycles. The zero-order valence-corrected chi connectivity index (χ0v) is 19.2. The molecule has 2 aromatic rings.